The van der Waals surface area contributed by atoms with Crippen molar-refractivity contribution in [1.82, 2.24) is 0 Å². The average molecular weight is 218 g/mol. The topological polar surface area (TPSA) is 26.3 Å². The first kappa shape index (κ1) is 11.2. The number of aryl methyl sites for hydroxylation is 3. The van der Waals surface area contributed by atoms with Crippen molar-refractivity contribution in [2.24, 2.45) is 0 Å². The molecular formula is C14H18O2. The van der Waals surface area contributed by atoms with E-state index >= 15 is 0 Å². The Bertz CT molecular complexity index is 419. The second-order valence-corrected chi connectivity index (χ2v) is 5.11. The number of carbonyl (C=O) groups is 1. The largest absolute Gasteiger partial charge is 0.456 e. The third kappa shape index (κ3) is 2.11. The molecule has 1 aromatic rings. The van der Waals surface area contributed by atoms with Crippen LogP contribution in [0.3, 0.4) is 0 Å². The van der Waals surface area contributed by atoms with Gasteiger partial charge in [-0.15, -0.1) is 0 Å². The molecule has 0 N–H and O–H groups in total. The molecule has 1 fully saturated rings. The van der Waals surface area contributed by atoms with Crippen LogP contribution in [0, 0.1) is 20.8 Å². The summed E-state index contributed by atoms with van der Waals surface area (Å²) in [6.07, 6.45) is 1.98. The summed E-state index contributed by atoms with van der Waals surface area (Å²) in [5.74, 6) is -0.171. The quantitative estimate of drug-likeness (QED) is 0.712. The maximum atomic E-state index is 12.0. The molecule has 2 rings (SSSR count). The van der Waals surface area contributed by atoms with E-state index in [1.165, 1.54) is 5.56 Å². The average Bonchev–Trinajstić information content (AvgIpc) is 2.80. The highest BCUT2D eigenvalue weighted by atomic mass is 16.6. The number of hydrogen-bond donors (Lipinski definition) is 0. The normalized spacial score (nSPS) is 17.0. The summed E-state index contributed by atoms with van der Waals surface area (Å²) < 4.78 is 5.50. The van der Waals surface area contributed by atoms with Crippen molar-refractivity contribution in [2.45, 2.75) is 46.1 Å². The Balaban J connectivity index is 2.29. The Morgan fingerprint density at radius 3 is 2.12 bits per heavy atom. The fraction of sp³-hybridized carbons (Fsp3) is 0.500. The van der Waals surface area contributed by atoms with Crippen LogP contribution >= 0.6 is 0 Å². The lowest BCUT2D eigenvalue weighted by molar-refractivity contribution is 0.0275. The minimum absolute atomic E-state index is 0.171. The van der Waals surface area contributed by atoms with Crippen LogP contribution in [0.2, 0.25) is 0 Å². The minimum Gasteiger partial charge on any atom is -0.456 e. The molecule has 0 aromatic heterocycles. The summed E-state index contributed by atoms with van der Waals surface area (Å²) in [7, 11) is 0. The van der Waals surface area contributed by atoms with Crippen molar-refractivity contribution >= 4 is 5.97 Å². The van der Waals surface area contributed by atoms with Gasteiger partial charge in [0.1, 0.15) is 5.60 Å². The molecule has 1 aliphatic rings. The number of benzene rings is 1. The number of rotatable bonds is 2. The zero-order valence-electron chi connectivity index (χ0n) is 10.4. The van der Waals surface area contributed by atoms with Gasteiger partial charge in [-0.1, -0.05) is 17.7 Å². The minimum atomic E-state index is -0.194. The summed E-state index contributed by atoms with van der Waals surface area (Å²) in [5, 5.41) is 0. The summed E-state index contributed by atoms with van der Waals surface area (Å²) >= 11 is 0. The van der Waals surface area contributed by atoms with E-state index in [-0.39, 0.29) is 11.6 Å². The smallest absolute Gasteiger partial charge is 0.339 e. The Labute approximate surface area is 96.6 Å². The van der Waals surface area contributed by atoms with E-state index in [1.54, 1.807) is 0 Å². The van der Waals surface area contributed by atoms with Crippen molar-refractivity contribution in [2.75, 3.05) is 0 Å². The molecule has 86 valence electrons. The number of hydrogen-bond acceptors (Lipinski definition) is 2. The van der Waals surface area contributed by atoms with Crippen LogP contribution in [0.25, 0.3) is 0 Å². The van der Waals surface area contributed by atoms with Gasteiger partial charge in [0, 0.05) is 0 Å². The second kappa shape index (κ2) is 3.62. The van der Waals surface area contributed by atoms with Crippen molar-refractivity contribution in [3.63, 3.8) is 0 Å². The molecule has 1 saturated carbocycles. The van der Waals surface area contributed by atoms with E-state index in [4.69, 9.17) is 4.74 Å². The lowest BCUT2D eigenvalue weighted by Crippen LogP contribution is -2.17. The lowest BCUT2D eigenvalue weighted by atomic mass is 10.00. The van der Waals surface area contributed by atoms with E-state index < -0.39 is 0 Å². The monoisotopic (exact) mass is 218 g/mol. The van der Waals surface area contributed by atoms with Gasteiger partial charge >= 0.3 is 5.97 Å². The number of ether oxygens (including phenoxy) is 1. The molecule has 16 heavy (non-hydrogen) atoms. The first-order valence-electron chi connectivity index (χ1n) is 5.72. The highest BCUT2D eigenvalue weighted by molar-refractivity contribution is 5.93. The summed E-state index contributed by atoms with van der Waals surface area (Å²) in [5.41, 5.74) is 3.74. The predicted octanol–water partition coefficient (Wildman–Crippen LogP) is 3.32. The SMILES string of the molecule is Cc1cc(C)c(C(=O)OC2(C)CC2)c(C)c1. The van der Waals surface area contributed by atoms with E-state index in [2.05, 4.69) is 0 Å². The maximum absolute atomic E-state index is 12.0. The van der Waals surface area contributed by atoms with Gasteiger partial charge in [-0.3, -0.25) is 0 Å². The molecule has 0 heterocycles. The van der Waals surface area contributed by atoms with Gasteiger partial charge in [0.25, 0.3) is 0 Å². The Morgan fingerprint density at radius 1 is 1.19 bits per heavy atom. The van der Waals surface area contributed by atoms with Crippen LogP contribution in [-0.2, 0) is 4.74 Å². The zero-order chi connectivity index (χ0) is 11.9. The number of esters is 1. The molecule has 0 radical (unpaired) electrons. The fourth-order valence-corrected chi connectivity index (χ4v) is 2.05. The Hall–Kier alpha value is -1.31. The summed E-state index contributed by atoms with van der Waals surface area (Å²) in [6, 6.07) is 4.05. The second-order valence-electron chi connectivity index (χ2n) is 5.11. The van der Waals surface area contributed by atoms with E-state index in [9.17, 15) is 4.79 Å². The van der Waals surface area contributed by atoms with Gasteiger partial charge < -0.3 is 4.74 Å². The van der Waals surface area contributed by atoms with Crippen LogP contribution in [0.1, 0.15) is 46.8 Å². The van der Waals surface area contributed by atoms with Crippen LogP contribution in [-0.4, -0.2) is 11.6 Å². The number of carbonyl (C=O) groups excluding carboxylic acids is 1. The van der Waals surface area contributed by atoms with Crippen LogP contribution in [0.5, 0.6) is 0 Å². The van der Waals surface area contributed by atoms with Crippen LogP contribution < -0.4 is 0 Å². The van der Waals surface area contributed by atoms with Crippen molar-refractivity contribution in [1.29, 1.82) is 0 Å². The highest BCUT2D eigenvalue weighted by Gasteiger charge is 2.42. The van der Waals surface area contributed by atoms with Crippen LogP contribution in [0.15, 0.2) is 12.1 Å². The highest BCUT2D eigenvalue weighted by Crippen LogP contribution is 2.39. The standard InChI is InChI=1S/C14H18O2/c1-9-7-10(2)12(11(3)8-9)13(15)16-14(4)5-6-14/h7-8H,5-6H2,1-4H3. The molecule has 0 aliphatic heterocycles. The van der Waals surface area contributed by atoms with Gasteiger partial charge in [0.15, 0.2) is 0 Å². The third-order valence-electron chi connectivity index (χ3n) is 3.17. The first-order valence-corrected chi connectivity index (χ1v) is 5.72. The third-order valence-corrected chi connectivity index (χ3v) is 3.17. The molecule has 0 spiro atoms. The Kier molecular flexibility index (Phi) is 2.53. The molecule has 2 heteroatoms. The molecule has 0 saturated heterocycles. The van der Waals surface area contributed by atoms with E-state index in [1.807, 2.05) is 39.8 Å². The van der Waals surface area contributed by atoms with E-state index in [0.29, 0.717) is 0 Å². The maximum Gasteiger partial charge on any atom is 0.339 e. The van der Waals surface area contributed by atoms with Gasteiger partial charge in [0.05, 0.1) is 5.56 Å². The van der Waals surface area contributed by atoms with Gasteiger partial charge in [-0.25, -0.2) is 4.79 Å². The van der Waals surface area contributed by atoms with Crippen molar-refractivity contribution < 1.29 is 9.53 Å². The molecule has 0 atom stereocenters. The van der Waals surface area contributed by atoms with Gasteiger partial charge in [-0.2, -0.15) is 0 Å². The van der Waals surface area contributed by atoms with Crippen molar-refractivity contribution in [3.8, 4) is 0 Å². The molecular weight excluding hydrogens is 200 g/mol. The van der Waals surface area contributed by atoms with Gasteiger partial charge in [-0.05, 0) is 51.7 Å². The lowest BCUT2D eigenvalue weighted by Gasteiger charge is -2.14. The first-order chi connectivity index (χ1) is 7.41. The zero-order valence-corrected chi connectivity index (χ0v) is 10.4. The van der Waals surface area contributed by atoms with Crippen LogP contribution in [0.4, 0.5) is 0 Å². The van der Waals surface area contributed by atoms with E-state index in [0.717, 1.165) is 29.5 Å². The molecule has 0 bridgehead atoms. The summed E-state index contributed by atoms with van der Waals surface area (Å²) in [6.45, 7) is 7.96. The summed E-state index contributed by atoms with van der Waals surface area (Å²) in [4.78, 5) is 12.0. The Morgan fingerprint density at radius 2 is 1.69 bits per heavy atom. The molecule has 1 aromatic carbocycles. The molecule has 0 amide bonds. The molecule has 0 unspecified atom stereocenters. The van der Waals surface area contributed by atoms with Crippen molar-refractivity contribution in [3.05, 3.63) is 34.4 Å². The molecule has 1 aliphatic carbocycles. The fourth-order valence-electron chi connectivity index (χ4n) is 2.05. The molecule has 2 nitrogen and oxygen atoms in total. The predicted molar refractivity (Wildman–Crippen MR) is 63.7 cm³/mol. The van der Waals surface area contributed by atoms with Gasteiger partial charge in [0.2, 0.25) is 0 Å².